The Morgan fingerprint density at radius 2 is 1.92 bits per heavy atom. The molecule has 0 aromatic heterocycles. The lowest BCUT2D eigenvalue weighted by Gasteiger charge is -2.27. The van der Waals surface area contributed by atoms with Gasteiger partial charge in [-0.15, -0.1) is 0 Å². The lowest BCUT2D eigenvalue weighted by molar-refractivity contribution is -0.124. The maximum atomic E-state index is 12.0. The number of benzene rings is 1. The molecule has 3 rings (SSSR count). The van der Waals surface area contributed by atoms with Crippen LogP contribution in [0.15, 0.2) is 35.4 Å². The maximum Gasteiger partial charge on any atom is 0.244 e. The van der Waals surface area contributed by atoms with Crippen molar-refractivity contribution >= 4 is 21.5 Å². The third-order valence-corrected chi connectivity index (χ3v) is 6.38. The molecule has 1 N–H and O–H groups in total. The fourth-order valence-corrected chi connectivity index (χ4v) is 4.89. The van der Waals surface area contributed by atoms with Crippen LogP contribution in [0.25, 0.3) is 0 Å². The Hall–Kier alpha value is -1.73. The summed E-state index contributed by atoms with van der Waals surface area (Å²) in [5.41, 5.74) is 4.84. The van der Waals surface area contributed by atoms with Crippen molar-refractivity contribution in [2.45, 2.75) is 25.8 Å². The van der Waals surface area contributed by atoms with Crippen molar-refractivity contribution in [3.8, 4) is 0 Å². The normalized spacial score (nSPS) is 23.8. The highest BCUT2D eigenvalue weighted by Crippen LogP contribution is 2.18. The smallest absolute Gasteiger partial charge is 0.244 e. The molecule has 1 atom stereocenters. The lowest BCUT2D eigenvalue weighted by atomic mass is 10.1. The van der Waals surface area contributed by atoms with Crippen molar-refractivity contribution < 1.29 is 13.2 Å². The van der Waals surface area contributed by atoms with Crippen LogP contribution in [0.2, 0.25) is 0 Å². The van der Waals surface area contributed by atoms with Crippen LogP contribution in [0.4, 0.5) is 0 Å². The summed E-state index contributed by atoms with van der Waals surface area (Å²) < 4.78 is 22.8. The summed E-state index contributed by atoms with van der Waals surface area (Å²) in [5.74, 6) is -0.655. The van der Waals surface area contributed by atoms with Gasteiger partial charge >= 0.3 is 0 Å². The summed E-state index contributed by atoms with van der Waals surface area (Å²) in [6, 6.07) is 10.4. The van der Waals surface area contributed by atoms with Crippen molar-refractivity contribution in [1.82, 2.24) is 10.3 Å². The predicted molar refractivity (Wildman–Crippen MR) is 93.3 cm³/mol. The SMILES string of the molecule is O=C(NN=C1CCN(Cc2ccccc2)CC1)[C@H]1CCS(=O)(=O)C1. The number of rotatable bonds is 4. The number of amides is 1. The van der Waals surface area contributed by atoms with E-state index < -0.39 is 15.8 Å². The van der Waals surface area contributed by atoms with E-state index in [0.29, 0.717) is 6.42 Å². The van der Waals surface area contributed by atoms with Gasteiger partial charge in [-0.25, -0.2) is 13.8 Å². The Kier molecular flexibility index (Phi) is 5.30. The Balaban J connectivity index is 1.44. The van der Waals surface area contributed by atoms with Gasteiger partial charge in [0.25, 0.3) is 0 Å². The molecule has 2 aliphatic heterocycles. The molecule has 24 heavy (non-hydrogen) atoms. The summed E-state index contributed by atoms with van der Waals surface area (Å²) in [7, 11) is -3.04. The Morgan fingerprint density at radius 1 is 1.21 bits per heavy atom. The van der Waals surface area contributed by atoms with Gasteiger partial charge in [0, 0.05) is 38.2 Å². The number of sulfone groups is 1. The van der Waals surface area contributed by atoms with Gasteiger partial charge in [-0.1, -0.05) is 30.3 Å². The molecular formula is C17H23N3O3S. The van der Waals surface area contributed by atoms with Crippen LogP contribution >= 0.6 is 0 Å². The largest absolute Gasteiger partial charge is 0.298 e. The summed E-state index contributed by atoms with van der Waals surface area (Å²) in [5, 5.41) is 4.21. The molecule has 1 aromatic carbocycles. The van der Waals surface area contributed by atoms with Crippen LogP contribution in [0.5, 0.6) is 0 Å². The number of piperidine rings is 1. The van der Waals surface area contributed by atoms with Gasteiger partial charge in [0.1, 0.15) is 0 Å². The molecule has 7 heteroatoms. The van der Waals surface area contributed by atoms with Gasteiger partial charge in [0.2, 0.25) is 5.91 Å². The van der Waals surface area contributed by atoms with Gasteiger partial charge in [0.05, 0.1) is 17.4 Å². The van der Waals surface area contributed by atoms with Gasteiger partial charge < -0.3 is 0 Å². The molecule has 1 aromatic rings. The quantitative estimate of drug-likeness (QED) is 0.828. The van der Waals surface area contributed by atoms with E-state index in [-0.39, 0.29) is 17.4 Å². The van der Waals surface area contributed by atoms with Crippen LogP contribution in [-0.4, -0.2) is 49.5 Å². The van der Waals surface area contributed by atoms with Crippen LogP contribution in [-0.2, 0) is 21.2 Å². The third-order valence-electron chi connectivity index (χ3n) is 4.61. The topological polar surface area (TPSA) is 78.8 Å². The van der Waals surface area contributed by atoms with Crippen molar-refractivity contribution in [2.75, 3.05) is 24.6 Å². The first kappa shape index (κ1) is 17.1. The molecule has 0 unspecified atom stereocenters. The predicted octanol–water partition coefficient (Wildman–Crippen LogP) is 1.19. The molecule has 0 aliphatic carbocycles. The van der Waals surface area contributed by atoms with E-state index in [1.165, 1.54) is 5.56 Å². The number of hydrogen-bond donors (Lipinski definition) is 1. The van der Waals surface area contributed by atoms with Gasteiger partial charge in [-0.3, -0.25) is 9.69 Å². The van der Waals surface area contributed by atoms with E-state index in [9.17, 15) is 13.2 Å². The zero-order valence-electron chi connectivity index (χ0n) is 13.6. The van der Waals surface area contributed by atoms with E-state index in [1.54, 1.807) is 0 Å². The third kappa shape index (κ3) is 4.64. The fraction of sp³-hybridized carbons (Fsp3) is 0.529. The van der Waals surface area contributed by atoms with Crippen molar-refractivity contribution in [3.05, 3.63) is 35.9 Å². The van der Waals surface area contributed by atoms with Crippen molar-refractivity contribution in [1.29, 1.82) is 0 Å². The number of hydrogen-bond acceptors (Lipinski definition) is 5. The number of hydrazone groups is 1. The average molecular weight is 349 g/mol. The number of nitrogens with zero attached hydrogens (tertiary/aromatic N) is 2. The minimum absolute atomic E-state index is 0.0471. The Bertz CT molecular complexity index is 706. The molecule has 1 amide bonds. The Labute approximate surface area is 142 Å². The lowest BCUT2D eigenvalue weighted by Crippen LogP contribution is -2.35. The maximum absolute atomic E-state index is 12.0. The average Bonchev–Trinajstić information content (AvgIpc) is 2.95. The Morgan fingerprint density at radius 3 is 2.54 bits per heavy atom. The highest BCUT2D eigenvalue weighted by atomic mass is 32.2. The first-order chi connectivity index (χ1) is 11.5. The van der Waals surface area contributed by atoms with Crippen LogP contribution in [0, 0.1) is 5.92 Å². The zero-order chi connectivity index (χ0) is 17.0. The standard InChI is InChI=1S/C17H23N3O3S/c21-17(15-8-11-24(22,23)13-15)19-18-16-6-9-20(10-7-16)12-14-4-2-1-3-5-14/h1-5,15H,6-13H2,(H,19,21)/t15-/m0/s1. The second kappa shape index (κ2) is 7.44. The van der Waals surface area contributed by atoms with Gasteiger partial charge in [-0.05, 0) is 12.0 Å². The second-order valence-electron chi connectivity index (χ2n) is 6.52. The minimum Gasteiger partial charge on any atom is -0.298 e. The summed E-state index contributed by atoms with van der Waals surface area (Å²) in [6.07, 6.45) is 2.07. The molecule has 6 nitrogen and oxygen atoms in total. The zero-order valence-corrected chi connectivity index (χ0v) is 14.5. The number of carbonyl (C=O) groups excluding carboxylic acids is 1. The first-order valence-corrected chi connectivity index (χ1v) is 10.2. The van der Waals surface area contributed by atoms with Crippen LogP contribution in [0.1, 0.15) is 24.8 Å². The van der Waals surface area contributed by atoms with Crippen LogP contribution in [0.3, 0.4) is 0 Å². The molecule has 0 spiro atoms. The summed E-state index contributed by atoms with van der Waals surface area (Å²) in [4.78, 5) is 14.4. The number of carbonyl (C=O) groups is 1. The molecule has 2 saturated heterocycles. The van der Waals surface area contributed by atoms with E-state index in [1.807, 2.05) is 18.2 Å². The highest BCUT2D eigenvalue weighted by Gasteiger charge is 2.33. The summed E-state index contributed by atoms with van der Waals surface area (Å²) in [6.45, 7) is 2.77. The van der Waals surface area contributed by atoms with Crippen LogP contribution < -0.4 is 5.43 Å². The van der Waals surface area contributed by atoms with Gasteiger partial charge in [-0.2, -0.15) is 5.10 Å². The number of nitrogens with one attached hydrogen (secondary N) is 1. The van der Waals surface area contributed by atoms with Gasteiger partial charge in [0.15, 0.2) is 9.84 Å². The van der Waals surface area contributed by atoms with E-state index in [4.69, 9.17) is 0 Å². The van der Waals surface area contributed by atoms with E-state index in [2.05, 4.69) is 27.6 Å². The molecule has 0 saturated carbocycles. The minimum atomic E-state index is -3.04. The number of likely N-dealkylation sites (tertiary alicyclic amines) is 1. The van der Waals surface area contributed by atoms with E-state index >= 15 is 0 Å². The molecule has 2 heterocycles. The molecular weight excluding hydrogens is 326 g/mol. The fourth-order valence-electron chi connectivity index (χ4n) is 3.15. The highest BCUT2D eigenvalue weighted by molar-refractivity contribution is 7.91. The molecule has 0 bridgehead atoms. The second-order valence-corrected chi connectivity index (χ2v) is 8.74. The summed E-state index contributed by atoms with van der Waals surface area (Å²) >= 11 is 0. The monoisotopic (exact) mass is 349 g/mol. The molecule has 130 valence electrons. The molecule has 0 radical (unpaired) electrons. The first-order valence-electron chi connectivity index (χ1n) is 8.34. The molecule has 2 fully saturated rings. The van der Waals surface area contributed by atoms with Crippen molar-refractivity contribution in [3.63, 3.8) is 0 Å². The molecule has 2 aliphatic rings. The van der Waals surface area contributed by atoms with E-state index in [0.717, 1.165) is 38.2 Å². The van der Waals surface area contributed by atoms with Crippen molar-refractivity contribution in [2.24, 2.45) is 11.0 Å².